The number of non-ortho nitro benzene ring substituents is 1. The van der Waals surface area contributed by atoms with Crippen LogP contribution in [0.3, 0.4) is 0 Å². The number of nitro benzene ring substituents is 2. The molecule has 2 aromatic rings. The van der Waals surface area contributed by atoms with Crippen molar-refractivity contribution in [1.29, 1.82) is 5.26 Å². The molecular weight excluding hydrogens is 643 g/mol. The van der Waals surface area contributed by atoms with E-state index >= 15 is 0 Å². The predicted molar refractivity (Wildman–Crippen MR) is 105 cm³/mol. The van der Waals surface area contributed by atoms with Crippen molar-refractivity contribution in [3.05, 3.63) is 63.6 Å². The number of rotatable bonds is 4. The first-order valence-electron chi connectivity index (χ1n) is 8.13. The lowest BCUT2D eigenvalue weighted by Gasteiger charge is -2.23. The molecule has 2 rings (SSSR count). The molecule has 0 bridgehead atoms. The second kappa shape index (κ2) is 9.14. The molecule has 0 aliphatic carbocycles. The van der Waals surface area contributed by atoms with Crippen LogP contribution >= 0.6 is 31.9 Å². The number of alkyl halides is 9. The summed E-state index contributed by atoms with van der Waals surface area (Å²) in [5, 5.41) is 32.8. The Bertz CT molecular complexity index is 1240. The highest BCUT2D eigenvalue weighted by Gasteiger charge is 2.47. The zero-order valence-corrected chi connectivity index (χ0v) is 19.0. The molecule has 0 saturated heterocycles. The van der Waals surface area contributed by atoms with E-state index in [1.165, 1.54) is 5.32 Å². The van der Waals surface area contributed by atoms with Crippen molar-refractivity contribution >= 4 is 54.6 Å². The summed E-state index contributed by atoms with van der Waals surface area (Å²) in [6, 6.07) is 0.572. The zero-order valence-electron chi connectivity index (χ0n) is 15.8. The van der Waals surface area contributed by atoms with E-state index in [0.29, 0.717) is 0 Å². The first-order chi connectivity index (χ1) is 15.7. The van der Waals surface area contributed by atoms with Crippen molar-refractivity contribution in [3.8, 4) is 6.07 Å². The fourth-order valence-electron chi connectivity index (χ4n) is 2.79. The molecular formula is C16H3Br2F9N4O4. The Morgan fingerprint density at radius 1 is 0.800 bits per heavy atom. The predicted octanol–water partition coefficient (Wildman–Crippen LogP) is 7.70. The van der Waals surface area contributed by atoms with E-state index in [1.54, 1.807) is 0 Å². The summed E-state index contributed by atoms with van der Waals surface area (Å²) >= 11 is 4.60. The number of nitrogens with one attached hydrogen (secondary N) is 1. The SMILES string of the molecule is N#Cc1c(C(F)(F)F)c(Br)c(Nc2c([N+](=O)[O-])cc([N+](=O)[O-])cc2C(F)(F)F)c(Br)c1C(F)(F)F. The average Bonchev–Trinajstić information content (AvgIpc) is 2.66. The van der Waals surface area contributed by atoms with Crippen molar-refractivity contribution in [2.45, 2.75) is 18.5 Å². The molecule has 0 atom stereocenters. The van der Waals surface area contributed by atoms with Crippen LogP contribution in [0.15, 0.2) is 21.1 Å². The summed E-state index contributed by atoms with van der Waals surface area (Å²) in [6.07, 6.45) is -16.9. The van der Waals surface area contributed by atoms with Crippen molar-refractivity contribution in [1.82, 2.24) is 0 Å². The minimum Gasteiger partial charge on any atom is -0.348 e. The molecule has 188 valence electrons. The highest BCUT2D eigenvalue weighted by molar-refractivity contribution is 9.11. The van der Waals surface area contributed by atoms with Crippen LogP contribution in [0.1, 0.15) is 22.3 Å². The van der Waals surface area contributed by atoms with Crippen molar-refractivity contribution < 1.29 is 49.4 Å². The summed E-state index contributed by atoms with van der Waals surface area (Å²) < 4.78 is 119. The number of benzene rings is 2. The van der Waals surface area contributed by atoms with Crippen LogP contribution in [0, 0.1) is 31.6 Å². The molecule has 0 aliphatic rings. The van der Waals surface area contributed by atoms with Crippen LogP contribution in [0.4, 0.5) is 62.3 Å². The Morgan fingerprint density at radius 2 is 1.26 bits per heavy atom. The zero-order chi connectivity index (χ0) is 27.3. The summed E-state index contributed by atoms with van der Waals surface area (Å²) in [5.41, 5.74) is -14.8. The summed E-state index contributed by atoms with van der Waals surface area (Å²) in [6.45, 7) is 0. The molecule has 0 unspecified atom stereocenters. The van der Waals surface area contributed by atoms with Crippen LogP contribution in [-0.4, -0.2) is 9.85 Å². The van der Waals surface area contributed by atoms with Gasteiger partial charge in [0.25, 0.3) is 11.4 Å². The molecule has 0 aromatic heterocycles. The Kier molecular flexibility index (Phi) is 7.34. The third-order valence-electron chi connectivity index (χ3n) is 4.12. The van der Waals surface area contributed by atoms with Gasteiger partial charge in [-0.3, -0.25) is 20.2 Å². The molecule has 0 saturated carbocycles. The first-order valence-corrected chi connectivity index (χ1v) is 9.72. The molecule has 1 N–H and O–H groups in total. The topological polar surface area (TPSA) is 122 Å². The lowest BCUT2D eigenvalue weighted by atomic mass is 9.99. The van der Waals surface area contributed by atoms with Crippen molar-refractivity contribution in [2.24, 2.45) is 0 Å². The third kappa shape index (κ3) is 5.42. The van der Waals surface area contributed by atoms with E-state index in [-0.39, 0.29) is 12.1 Å². The smallest absolute Gasteiger partial charge is 0.348 e. The van der Waals surface area contributed by atoms with Gasteiger partial charge < -0.3 is 5.32 Å². The fourth-order valence-corrected chi connectivity index (χ4v) is 4.49. The number of hydrogen-bond acceptors (Lipinski definition) is 6. The lowest BCUT2D eigenvalue weighted by Crippen LogP contribution is -2.19. The Labute approximate surface area is 202 Å². The Balaban J connectivity index is 3.10. The van der Waals surface area contributed by atoms with Gasteiger partial charge in [0.15, 0.2) is 0 Å². The quantitative estimate of drug-likeness (QED) is 0.207. The molecule has 0 spiro atoms. The van der Waals surface area contributed by atoms with Gasteiger partial charge in [0.05, 0.1) is 52.8 Å². The van der Waals surface area contributed by atoms with E-state index in [2.05, 4.69) is 31.9 Å². The van der Waals surface area contributed by atoms with Gasteiger partial charge >= 0.3 is 18.5 Å². The number of hydrogen-bond donors (Lipinski definition) is 1. The molecule has 0 fully saturated rings. The van der Waals surface area contributed by atoms with Crippen LogP contribution in [0.2, 0.25) is 0 Å². The van der Waals surface area contributed by atoms with Gasteiger partial charge in [-0.1, -0.05) is 0 Å². The van der Waals surface area contributed by atoms with Gasteiger partial charge in [-0.05, 0) is 31.9 Å². The van der Waals surface area contributed by atoms with E-state index < -0.39 is 82.3 Å². The van der Waals surface area contributed by atoms with Gasteiger partial charge in [-0.2, -0.15) is 44.8 Å². The maximum Gasteiger partial charge on any atom is 0.418 e. The normalized spacial score (nSPS) is 12.3. The number of nitrogens with zero attached hydrogens (tertiary/aromatic N) is 3. The molecule has 2 aromatic carbocycles. The summed E-state index contributed by atoms with van der Waals surface area (Å²) in [5.74, 6) is 0. The maximum absolute atomic E-state index is 13.6. The molecule has 0 heterocycles. The summed E-state index contributed by atoms with van der Waals surface area (Å²) in [7, 11) is 0. The standard InChI is InChI=1S/C16H3Br2F9N4O4/c17-10-8(15(22,23)24)5(3-28)9(16(25,26)27)11(18)13(10)29-12-6(14(19,20)21)1-4(30(32)33)2-7(12)31(34)35/h1-2,29H. The van der Waals surface area contributed by atoms with E-state index in [0.717, 1.165) is 6.07 Å². The largest absolute Gasteiger partial charge is 0.418 e. The fraction of sp³-hybridized carbons (Fsp3) is 0.188. The van der Waals surface area contributed by atoms with E-state index in [9.17, 15) is 59.7 Å². The van der Waals surface area contributed by atoms with Crippen LogP contribution < -0.4 is 5.32 Å². The van der Waals surface area contributed by atoms with Gasteiger partial charge in [0.2, 0.25) is 0 Å². The van der Waals surface area contributed by atoms with Crippen molar-refractivity contribution in [2.75, 3.05) is 5.32 Å². The van der Waals surface area contributed by atoms with Gasteiger partial charge in [0, 0.05) is 6.07 Å². The molecule has 0 amide bonds. The second-order valence-corrected chi connectivity index (χ2v) is 7.85. The van der Waals surface area contributed by atoms with Crippen LogP contribution in [0.5, 0.6) is 0 Å². The number of anilines is 2. The van der Waals surface area contributed by atoms with Crippen LogP contribution in [-0.2, 0) is 18.5 Å². The number of nitriles is 1. The Hall–Kier alpha value is -3.14. The van der Waals surface area contributed by atoms with Crippen LogP contribution in [0.25, 0.3) is 0 Å². The lowest BCUT2D eigenvalue weighted by molar-refractivity contribution is -0.394. The highest BCUT2D eigenvalue weighted by atomic mass is 79.9. The van der Waals surface area contributed by atoms with E-state index in [4.69, 9.17) is 5.26 Å². The highest BCUT2D eigenvalue weighted by Crippen LogP contribution is 2.53. The van der Waals surface area contributed by atoms with E-state index in [1.807, 2.05) is 0 Å². The molecule has 19 heteroatoms. The molecule has 0 radical (unpaired) electrons. The third-order valence-corrected chi connectivity index (χ3v) is 5.71. The number of nitro groups is 2. The van der Waals surface area contributed by atoms with Gasteiger partial charge in [-0.15, -0.1) is 0 Å². The average molecular weight is 646 g/mol. The molecule has 35 heavy (non-hydrogen) atoms. The molecule has 0 aliphatic heterocycles. The minimum absolute atomic E-state index is 0.0262. The van der Waals surface area contributed by atoms with Gasteiger partial charge in [0.1, 0.15) is 11.8 Å². The first kappa shape index (κ1) is 28.1. The summed E-state index contributed by atoms with van der Waals surface area (Å²) in [4.78, 5) is 19.3. The Morgan fingerprint density at radius 3 is 1.57 bits per heavy atom. The van der Waals surface area contributed by atoms with Gasteiger partial charge in [-0.25, -0.2) is 0 Å². The number of halogens is 11. The monoisotopic (exact) mass is 644 g/mol. The molecule has 8 nitrogen and oxygen atoms in total. The minimum atomic E-state index is -5.66. The maximum atomic E-state index is 13.6. The van der Waals surface area contributed by atoms with Crippen molar-refractivity contribution in [3.63, 3.8) is 0 Å². The second-order valence-electron chi connectivity index (χ2n) is 6.26.